The summed E-state index contributed by atoms with van der Waals surface area (Å²) < 4.78 is 11.0. The van der Waals surface area contributed by atoms with Gasteiger partial charge >= 0.3 is 0 Å². The highest BCUT2D eigenvalue weighted by Crippen LogP contribution is 2.36. The third-order valence-electron chi connectivity index (χ3n) is 7.21. The van der Waals surface area contributed by atoms with Gasteiger partial charge in [-0.05, 0) is 74.0 Å². The van der Waals surface area contributed by atoms with E-state index in [9.17, 15) is 4.79 Å². The van der Waals surface area contributed by atoms with Crippen LogP contribution in [-0.2, 0) is 16.0 Å². The van der Waals surface area contributed by atoms with Crippen molar-refractivity contribution in [2.24, 2.45) is 5.41 Å². The lowest BCUT2D eigenvalue weighted by atomic mass is 9.74. The van der Waals surface area contributed by atoms with Gasteiger partial charge < -0.3 is 14.8 Å². The molecule has 2 aromatic carbocycles. The number of nitrogens with zero attached hydrogens (tertiary/aromatic N) is 1. The zero-order chi connectivity index (χ0) is 22.4. The van der Waals surface area contributed by atoms with Gasteiger partial charge in [0, 0.05) is 25.8 Å². The third kappa shape index (κ3) is 5.16. The minimum absolute atomic E-state index is 0.190. The fraction of sp³-hybridized carbons (Fsp3) is 0.519. The van der Waals surface area contributed by atoms with Crippen molar-refractivity contribution in [3.8, 4) is 16.9 Å². The Hall–Kier alpha value is -2.37. The number of benzene rings is 2. The standard InChI is InChI=1S/C27H36N2O3/c1-3-29-14-6-10-24(29)20-28-26(30)27(12-15-32-16-13-27)19-21-7-4-8-22(17-21)23-9-5-11-25(18-23)31-2/h4-5,7-9,11,17-18,24H,3,6,10,12-16,19-20H2,1-2H3,(H,28,30)/t24-/m0/s1. The maximum Gasteiger partial charge on any atom is 0.226 e. The van der Waals surface area contributed by atoms with E-state index in [-0.39, 0.29) is 5.91 Å². The van der Waals surface area contributed by atoms with Gasteiger partial charge in [-0.15, -0.1) is 0 Å². The Labute approximate surface area is 192 Å². The highest BCUT2D eigenvalue weighted by molar-refractivity contribution is 5.83. The van der Waals surface area contributed by atoms with Gasteiger partial charge in [-0.1, -0.05) is 43.3 Å². The molecule has 4 rings (SSSR count). The molecule has 0 aromatic heterocycles. The number of nitrogens with one attached hydrogen (secondary N) is 1. The minimum Gasteiger partial charge on any atom is -0.497 e. The molecule has 0 saturated carbocycles. The molecular formula is C27H36N2O3. The fourth-order valence-electron chi connectivity index (χ4n) is 5.24. The van der Waals surface area contributed by atoms with Crippen molar-refractivity contribution in [2.45, 2.75) is 45.1 Å². The van der Waals surface area contributed by atoms with Gasteiger partial charge in [0.15, 0.2) is 0 Å². The van der Waals surface area contributed by atoms with Crippen molar-refractivity contribution in [1.82, 2.24) is 10.2 Å². The van der Waals surface area contributed by atoms with Gasteiger partial charge in [-0.2, -0.15) is 0 Å². The van der Waals surface area contributed by atoms with Crippen LogP contribution in [0.5, 0.6) is 5.75 Å². The number of hydrogen-bond donors (Lipinski definition) is 1. The molecule has 1 atom stereocenters. The summed E-state index contributed by atoms with van der Waals surface area (Å²) in [5.74, 6) is 1.04. The first-order valence-electron chi connectivity index (χ1n) is 12.0. The predicted octanol–water partition coefficient (Wildman–Crippen LogP) is 4.30. The fourth-order valence-corrected chi connectivity index (χ4v) is 5.24. The van der Waals surface area contributed by atoms with Crippen LogP contribution < -0.4 is 10.1 Å². The number of likely N-dealkylation sites (N-methyl/N-ethyl adjacent to an activating group) is 1. The number of amides is 1. The molecule has 0 unspecified atom stereocenters. The van der Waals surface area contributed by atoms with Crippen LogP contribution in [0.15, 0.2) is 48.5 Å². The van der Waals surface area contributed by atoms with Crippen LogP contribution >= 0.6 is 0 Å². The van der Waals surface area contributed by atoms with Crippen LogP contribution in [0.1, 0.15) is 38.2 Å². The molecule has 2 saturated heterocycles. The van der Waals surface area contributed by atoms with Crippen LogP contribution in [0.3, 0.4) is 0 Å². The SMILES string of the molecule is CCN1CCC[C@H]1CNC(=O)C1(Cc2cccc(-c3cccc(OC)c3)c2)CCOCC1. The smallest absolute Gasteiger partial charge is 0.226 e. The van der Waals surface area contributed by atoms with Gasteiger partial charge in [0.1, 0.15) is 5.75 Å². The number of likely N-dealkylation sites (tertiary alicyclic amines) is 1. The quantitative estimate of drug-likeness (QED) is 0.670. The lowest BCUT2D eigenvalue weighted by molar-refractivity contribution is -0.136. The molecule has 0 aliphatic carbocycles. The van der Waals surface area contributed by atoms with E-state index in [2.05, 4.69) is 53.5 Å². The average Bonchev–Trinajstić information content (AvgIpc) is 3.31. The molecule has 0 bridgehead atoms. The molecule has 2 aromatic rings. The summed E-state index contributed by atoms with van der Waals surface area (Å²) in [5, 5.41) is 3.33. The lowest BCUT2D eigenvalue weighted by Crippen LogP contribution is -2.49. The summed E-state index contributed by atoms with van der Waals surface area (Å²) in [6.07, 6.45) is 4.67. The van der Waals surface area contributed by atoms with Crippen molar-refractivity contribution >= 4 is 5.91 Å². The molecule has 172 valence electrons. The van der Waals surface area contributed by atoms with E-state index in [1.807, 2.05) is 12.1 Å². The minimum atomic E-state index is -0.402. The molecule has 32 heavy (non-hydrogen) atoms. The molecule has 0 spiro atoms. The molecule has 5 nitrogen and oxygen atoms in total. The second-order valence-corrected chi connectivity index (χ2v) is 9.14. The molecule has 2 aliphatic rings. The van der Waals surface area contributed by atoms with Crippen LogP contribution in [0.4, 0.5) is 0 Å². The van der Waals surface area contributed by atoms with Gasteiger partial charge in [-0.3, -0.25) is 9.69 Å². The Bertz CT molecular complexity index is 907. The van der Waals surface area contributed by atoms with Crippen LogP contribution in [0, 0.1) is 5.41 Å². The Kier molecular flexibility index (Phi) is 7.48. The second kappa shape index (κ2) is 10.5. The van der Waals surface area contributed by atoms with E-state index in [1.54, 1.807) is 7.11 Å². The maximum absolute atomic E-state index is 13.5. The Balaban J connectivity index is 1.50. The van der Waals surface area contributed by atoms with Crippen LogP contribution in [0.25, 0.3) is 11.1 Å². The Morgan fingerprint density at radius 3 is 2.66 bits per heavy atom. The van der Waals surface area contributed by atoms with Gasteiger partial charge in [0.2, 0.25) is 5.91 Å². The summed E-state index contributed by atoms with van der Waals surface area (Å²) in [7, 11) is 1.69. The zero-order valence-electron chi connectivity index (χ0n) is 19.4. The van der Waals surface area contributed by atoms with E-state index >= 15 is 0 Å². The highest BCUT2D eigenvalue weighted by Gasteiger charge is 2.40. The van der Waals surface area contributed by atoms with Gasteiger partial charge in [-0.25, -0.2) is 0 Å². The largest absolute Gasteiger partial charge is 0.497 e. The van der Waals surface area contributed by atoms with E-state index in [1.165, 1.54) is 18.4 Å². The average molecular weight is 437 g/mol. The Morgan fingerprint density at radius 2 is 1.91 bits per heavy atom. The summed E-state index contributed by atoms with van der Waals surface area (Å²) in [6.45, 7) is 6.44. The number of rotatable bonds is 8. The number of hydrogen-bond acceptors (Lipinski definition) is 4. The van der Waals surface area contributed by atoms with E-state index in [0.29, 0.717) is 19.3 Å². The molecule has 2 heterocycles. The van der Waals surface area contributed by atoms with E-state index < -0.39 is 5.41 Å². The molecular weight excluding hydrogens is 400 g/mol. The molecule has 1 N–H and O–H groups in total. The molecule has 0 radical (unpaired) electrons. The third-order valence-corrected chi connectivity index (χ3v) is 7.21. The topological polar surface area (TPSA) is 50.8 Å². The van der Waals surface area contributed by atoms with Crippen molar-refractivity contribution < 1.29 is 14.3 Å². The maximum atomic E-state index is 13.5. The van der Waals surface area contributed by atoms with E-state index in [0.717, 1.165) is 55.8 Å². The summed E-state index contributed by atoms with van der Waals surface area (Å²) in [4.78, 5) is 16.0. The second-order valence-electron chi connectivity index (χ2n) is 9.14. The molecule has 2 aliphatic heterocycles. The number of carbonyl (C=O) groups is 1. The molecule has 5 heteroatoms. The summed E-state index contributed by atoms with van der Waals surface area (Å²) in [6, 6.07) is 17.2. The van der Waals surface area contributed by atoms with Crippen LogP contribution in [0.2, 0.25) is 0 Å². The summed E-state index contributed by atoms with van der Waals surface area (Å²) in [5.41, 5.74) is 3.06. The normalized spacial score (nSPS) is 20.8. The number of carbonyl (C=O) groups excluding carboxylic acids is 1. The first kappa shape index (κ1) is 22.8. The predicted molar refractivity (Wildman–Crippen MR) is 128 cm³/mol. The monoisotopic (exact) mass is 436 g/mol. The van der Waals surface area contributed by atoms with Crippen molar-refractivity contribution in [2.75, 3.05) is 40.0 Å². The number of ether oxygens (including phenoxy) is 2. The van der Waals surface area contributed by atoms with Crippen LogP contribution in [-0.4, -0.2) is 56.8 Å². The van der Waals surface area contributed by atoms with E-state index in [4.69, 9.17) is 9.47 Å². The molecule has 2 fully saturated rings. The Morgan fingerprint density at radius 1 is 1.16 bits per heavy atom. The number of methoxy groups -OCH3 is 1. The van der Waals surface area contributed by atoms with Crippen molar-refractivity contribution in [3.63, 3.8) is 0 Å². The lowest BCUT2D eigenvalue weighted by Gasteiger charge is -2.36. The zero-order valence-corrected chi connectivity index (χ0v) is 19.4. The van der Waals surface area contributed by atoms with Crippen molar-refractivity contribution in [1.29, 1.82) is 0 Å². The first-order chi connectivity index (χ1) is 15.6. The van der Waals surface area contributed by atoms with Gasteiger partial charge in [0.25, 0.3) is 0 Å². The van der Waals surface area contributed by atoms with Gasteiger partial charge in [0.05, 0.1) is 12.5 Å². The molecule has 1 amide bonds. The summed E-state index contributed by atoms with van der Waals surface area (Å²) >= 11 is 0. The van der Waals surface area contributed by atoms with Crippen molar-refractivity contribution in [3.05, 3.63) is 54.1 Å². The highest BCUT2D eigenvalue weighted by atomic mass is 16.5. The first-order valence-corrected chi connectivity index (χ1v) is 12.0.